The first-order chi connectivity index (χ1) is 11.8. The van der Waals surface area contributed by atoms with Gasteiger partial charge in [0.25, 0.3) is 5.91 Å². The van der Waals surface area contributed by atoms with Gasteiger partial charge >= 0.3 is 6.09 Å². The molecule has 10 heteroatoms. The van der Waals surface area contributed by atoms with Crippen molar-refractivity contribution in [3.63, 3.8) is 0 Å². The second kappa shape index (κ2) is 6.98. The summed E-state index contributed by atoms with van der Waals surface area (Å²) in [7, 11) is -3.34. The zero-order valence-electron chi connectivity index (χ0n) is 13.7. The minimum Gasteiger partial charge on any atom is -0.443 e. The van der Waals surface area contributed by atoms with E-state index in [1.165, 1.54) is 4.90 Å². The molecule has 0 aromatic heterocycles. The van der Waals surface area contributed by atoms with Crippen molar-refractivity contribution < 1.29 is 27.5 Å². The van der Waals surface area contributed by atoms with Crippen LogP contribution in [0.5, 0.6) is 0 Å². The number of ether oxygens (including phenoxy) is 2. The number of morpholine rings is 1. The van der Waals surface area contributed by atoms with E-state index in [9.17, 15) is 18.0 Å². The maximum Gasteiger partial charge on any atom is 0.414 e. The third kappa shape index (κ3) is 4.27. The Morgan fingerprint density at radius 2 is 1.80 bits per heavy atom. The Kier molecular flexibility index (Phi) is 4.93. The third-order valence-corrected chi connectivity index (χ3v) is 4.60. The minimum atomic E-state index is -3.34. The van der Waals surface area contributed by atoms with Crippen LogP contribution in [0.3, 0.4) is 0 Å². The summed E-state index contributed by atoms with van der Waals surface area (Å²) in [5.74, 6) is -0.105. The lowest BCUT2D eigenvalue weighted by atomic mass is 10.2. The SMILES string of the molecule is CS(=O)(=O)NCC1CN(c2ccc(N3CCOCC3=O)cc2)C(=O)O1. The molecule has 0 spiro atoms. The molecule has 0 radical (unpaired) electrons. The highest BCUT2D eigenvalue weighted by Crippen LogP contribution is 2.25. The first kappa shape index (κ1) is 17.6. The van der Waals surface area contributed by atoms with Gasteiger partial charge in [0.05, 0.1) is 19.4 Å². The molecule has 2 heterocycles. The maximum absolute atomic E-state index is 12.0. The van der Waals surface area contributed by atoms with Crippen molar-refractivity contribution in [3.05, 3.63) is 24.3 Å². The Bertz CT molecular complexity index is 764. The monoisotopic (exact) mass is 369 g/mol. The molecule has 1 N–H and O–H groups in total. The van der Waals surface area contributed by atoms with Crippen molar-refractivity contribution in [1.82, 2.24) is 4.72 Å². The predicted octanol–water partition coefficient (Wildman–Crippen LogP) is -0.0758. The lowest BCUT2D eigenvalue weighted by Gasteiger charge is -2.27. The zero-order chi connectivity index (χ0) is 18.0. The van der Waals surface area contributed by atoms with Crippen LogP contribution in [0.4, 0.5) is 16.2 Å². The average molecular weight is 369 g/mol. The lowest BCUT2D eigenvalue weighted by molar-refractivity contribution is -0.125. The van der Waals surface area contributed by atoms with E-state index in [0.717, 1.165) is 11.9 Å². The van der Waals surface area contributed by atoms with E-state index in [4.69, 9.17) is 9.47 Å². The van der Waals surface area contributed by atoms with Crippen LogP contribution < -0.4 is 14.5 Å². The Labute approximate surface area is 145 Å². The molecule has 0 bridgehead atoms. The molecule has 1 aromatic rings. The Balaban J connectivity index is 1.66. The fraction of sp³-hybridized carbons (Fsp3) is 0.467. The van der Waals surface area contributed by atoms with Gasteiger partial charge in [-0.2, -0.15) is 0 Å². The van der Waals surface area contributed by atoms with Gasteiger partial charge in [0.15, 0.2) is 0 Å². The van der Waals surface area contributed by atoms with Crippen molar-refractivity contribution >= 4 is 33.4 Å². The van der Waals surface area contributed by atoms with E-state index < -0.39 is 22.2 Å². The molecule has 2 fully saturated rings. The lowest BCUT2D eigenvalue weighted by Crippen LogP contribution is -2.41. The van der Waals surface area contributed by atoms with Gasteiger partial charge in [-0.3, -0.25) is 9.69 Å². The van der Waals surface area contributed by atoms with Gasteiger partial charge in [0, 0.05) is 24.5 Å². The van der Waals surface area contributed by atoms with E-state index in [-0.39, 0.29) is 25.6 Å². The molecule has 1 atom stereocenters. The van der Waals surface area contributed by atoms with Crippen LogP contribution in [-0.4, -0.2) is 65.6 Å². The molecular formula is C15H19N3O6S. The molecule has 9 nitrogen and oxygen atoms in total. The molecule has 2 aliphatic heterocycles. The van der Waals surface area contributed by atoms with E-state index >= 15 is 0 Å². The second-order valence-electron chi connectivity index (χ2n) is 5.85. The summed E-state index contributed by atoms with van der Waals surface area (Å²) in [5, 5.41) is 0. The number of carbonyl (C=O) groups is 2. The van der Waals surface area contributed by atoms with Crippen LogP contribution in [0.1, 0.15) is 0 Å². The average Bonchev–Trinajstić information content (AvgIpc) is 2.94. The first-order valence-corrected chi connectivity index (χ1v) is 9.63. The van der Waals surface area contributed by atoms with Gasteiger partial charge in [-0.05, 0) is 24.3 Å². The van der Waals surface area contributed by atoms with Gasteiger partial charge in [0.1, 0.15) is 12.7 Å². The predicted molar refractivity (Wildman–Crippen MR) is 90.1 cm³/mol. The van der Waals surface area contributed by atoms with Gasteiger partial charge in [0.2, 0.25) is 10.0 Å². The molecule has 0 saturated carbocycles. The second-order valence-corrected chi connectivity index (χ2v) is 7.68. The quantitative estimate of drug-likeness (QED) is 0.779. The smallest absolute Gasteiger partial charge is 0.414 e. The molecule has 2 amide bonds. The Hall–Kier alpha value is -2.17. The van der Waals surface area contributed by atoms with E-state index in [2.05, 4.69) is 4.72 Å². The summed E-state index contributed by atoms with van der Waals surface area (Å²) < 4.78 is 34.9. The maximum atomic E-state index is 12.0. The Morgan fingerprint density at radius 1 is 1.16 bits per heavy atom. The number of carbonyl (C=O) groups excluding carboxylic acids is 2. The van der Waals surface area contributed by atoms with Gasteiger partial charge in [-0.15, -0.1) is 0 Å². The molecule has 1 unspecified atom stereocenters. The standard InChI is InChI=1S/C15H19N3O6S/c1-25(21,22)16-8-13-9-18(15(20)24-13)12-4-2-11(3-5-12)17-6-7-23-10-14(17)19/h2-5,13,16H,6-10H2,1H3. The molecule has 0 aliphatic carbocycles. The van der Waals surface area contributed by atoms with Crippen LogP contribution in [0.2, 0.25) is 0 Å². The number of benzene rings is 1. The number of nitrogens with zero attached hydrogens (tertiary/aromatic N) is 2. The highest BCUT2D eigenvalue weighted by atomic mass is 32.2. The number of sulfonamides is 1. The fourth-order valence-electron chi connectivity index (χ4n) is 2.69. The highest BCUT2D eigenvalue weighted by molar-refractivity contribution is 7.88. The molecule has 2 saturated heterocycles. The van der Waals surface area contributed by atoms with Crippen LogP contribution in [0.15, 0.2) is 24.3 Å². The van der Waals surface area contributed by atoms with Gasteiger partial charge < -0.3 is 14.4 Å². The summed E-state index contributed by atoms with van der Waals surface area (Å²) in [5.41, 5.74) is 1.36. The third-order valence-electron chi connectivity index (χ3n) is 3.91. The van der Waals surface area contributed by atoms with Crippen molar-refractivity contribution in [3.8, 4) is 0 Å². The summed E-state index contributed by atoms with van der Waals surface area (Å²) in [6.45, 7) is 1.32. The highest BCUT2D eigenvalue weighted by Gasteiger charge is 2.32. The fourth-order valence-corrected chi connectivity index (χ4v) is 3.18. The van der Waals surface area contributed by atoms with E-state index in [1.54, 1.807) is 29.2 Å². The molecule has 25 heavy (non-hydrogen) atoms. The van der Waals surface area contributed by atoms with Gasteiger partial charge in [-0.25, -0.2) is 17.9 Å². The number of rotatable bonds is 5. The van der Waals surface area contributed by atoms with Crippen LogP contribution in [0, 0.1) is 0 Å². The number of amides is 2. The number of hydrogen-bond donors (Lipinski definition) is 1. The van der Waals surface area contributed by atoms with Crippen molar-refractivity contribution in [2.45, 2.75) is 6.10 Å². The van der Waals surface area contributed by atoms with Crippen molar-refractivity contribution in [2.75, 3.05) is 48.9 Å². The largest absolute Gasteiger partial charge is 0.443 e. The molecule has 1 aromatic carbocycles. The molecular weight excluding hydrogens is 350 g/mol. The van der Waals surface area contributed by atoms with Gasteiger partial charge in [-0.1, -0.05) is 0 Å². The van der Waals surface area contributed by atoms with Crippen LogP contribution in [0.25, 0.3) is 0 Å². The molecule has 2 aliphatic rings. The summed E-state index contributed by atoms with van der Waals surface area (Å²) in [4.78, 5) is 26.9. The Morgan fingerprint density at radius 3 is 2.40 bits per heavy atom. The molecule has 136 valence electrons. The summed E-state index contributed by atoms with van der Waals surface area (Å²) >= 11 is 0. The van der Waals surface area contributed by atoms with Crippen LogP contribution >= 0.6 is 0 Å². The first-order valence-electron chi connectivity index (χ1n) is 7.74. The number of nitrogens with one attached hydrogen (secondary N) is 1. The summed E-state index contributed by atoms with van der Waals surface area (Å²) in [6.07, 6.45) is -0.0362. The van der Waals surface area contributed by atoms with E-state index in [0.29, 0.717) is 18.8 Å². The number of cyclic esters (lactones) is 1. The summed E-state index contributed by atoms with van der Waals surface area (Å²) in [6, 6.07) is 6.97. The van der Waals surface area contributed by atoms with E-state index in [1.807, 2.05) is 0 Å². The topological polar surface area (TPSA) is 105 Å². The molecule has 3 rings (SSSR count). The van der Waals surface area contributed by atoms with Crippen molar-refractivity contribution in [1.29, 1.82) is 0 Å². The van der Waals surface area contributed by atoms with Crippen molar-refractivity contribution in [2.24, 2.45) is 0 Å². The van der Waals surface area contributed by atoms with Crippen LogP contribution in [-0.2, 0) is 24.3 Å². The zero-order valence-corrected chi connectivity index (χ0v) is 14.5. The number of anilines is 2. The normalized spacial score (nSPS) is 21.6. The number of hydrogen-bond acceptors (Lipinski definition) is 6. The minimum absolute atomic E-state index is 0.0292.